The molecule has 0 heterocycles. The molecule has 7 heteroatoms. The molecule has 1 atom stereocenters. The number of hydrogen-bond acceptors (Lipinski definition) is 3. The number of halogens is 1. The van der Waals surface area contributed by atoms with E-state index in [1.165, 1.54) is 6.07 Å². The van der Waals surface area contributed by atoms with Crippen molar-refractivity contribution in [1.82, 2.24) is 16.2 Å². The molecule has 0 spiro atoms. The van der Waals surface area contributed by atoms with Crippen molar-refractivity contribution >= 4 is 29.3 Å². The Balaban J connectivity index is 1.91. The lowest BCUT2D eigenvalue weighted by atomic mass is 9.88. The molecule has 0 bridgehead atoms. The zero-order valence-corrected chi connectivity index (χ0v) is 15.9. The number of hydrazine groups is 1. The number of hydrogen-bond donors (Lipinski definition) is 3. The van der Waals surface area contributed by atoms with Gasteiger partial charge in [-0.2, -0.15) is 0 Å². The summed E-state index contributed by atoms with van der Waals surface area (Å²) in [5, 5.41) is 3.27. The van der Waals surface area contributed by atoms with Gasteiger partial charge in [-0.1, -0.05) is 50.8 Å². The van der Waals surface area contributed by atoms with E-state index in [0.717, 1.165) is 32.1 Å². The molecule has 1 saturated carbocycles. The zero-order chi connectivity index (χ0) is 19.1. The van der Waals surface area contributed by atoms with Crippen LogP contribution in [0.25, 0.3) is 0 Å². The predicted octanol–water partition coefficient (Wildman–Crippen LogP) is 2.82. The molecule has 1 aromatic rings. The first-order valence-electron chi connectivity index (χ1n) is 9.04. The number of nitrogens with one attached hydrogen (secondary N) is 3. The van der Waals surface area contributed by atoms with E-state index >= 15 is 0 Å². The fraction of sp³-hybridized carbons (Fsp3) is 0.526. The largest absolute Gasteiger partial charge is 0.344 e. The second-order valence-electron chi connectivity index (χ2n) is 7.02. The van der Waals surface area contributed by atoms with E-state index in [9.17, 15) is 14.4 Å². The molecule has 1 aliphatic rings. The molecule has 26 heavy (non-hydrogen) atoms. The Bertz CT molecular complexity index is 657. The summed E-state index contributed by atoms with van der Waals surface area (Å²) >= 11 is 5.86. The molecule has 2 rings (SSSR count). The first-order valence-corrected chi connectivity index (χ1v) is 9.42. The van der Waals surface area contributed by atoms with E-state index in [2.05, 4.69) is 16.2 Å². The van der Waals surface area contributed by atoms with Crippen molar-refractivity contribution in [3.8, 4) is 0 Å². The number of carbonyl (C=O) groups is 3. The Morgan fingerprint density at radius 3 is 2.38 bits per heavy atom. The Morgan fingerprint density at radius 2 is 1.77 bits per heavy atom. The number of carbonyl (C=O) groups excluding carboxylic acids is 3. The third-order valence-corrected chi connectivity index (χ3v) is 4.84. The van der Waals surface area contributed by atoms with Crippen LogP contribution >= 0.6 is 11.6 Å². The molecule has 1 aliphatic carbocycles. The highest BCUT2D eigenvalue weighted by Gasteiger charge is 2.28. The molecule has 1 fully saturated rings. The molecule has 0 aromatic heterocycles. The third kappa shape index (κ3) is 5.73. The van der Waals surface area contributed by atoms with Crippen molar-refractivity contribution in [2.24, 2.45) is 11.8 Å². The summed E-state index contributed by atoms with van der Waals surface area (Å²) in [7, 11) is 0. The Kier molecular flexibility index (Phi) is 7.45. The van der Waals surface area contributed by atoms with Crippen LogP contribution in [0.3, 0.4) is 0 Å². The average Bonchev–Trinajstić information content (AvgIpc) is 2.64. The number of amides is 3. The standard InChI is InChI=1S/C19H26ClN3O3/c1-12(2)16(21-17(24)13-7-4-3-5-8-13)19(26)23-22-18(25)14-9-6-10-15(20)11-14/h6,9-13,16H,3-5,7-8H2,1-2H3,(H,21,24)(H,22,25)(H,23,26). The molecule has 3 N–H and O–H groups in total. The highest BCUT2D eigenvalue weighted by Crippen LogP contribution is 2.24. The predicted molar refractivity (Wildman–Crippen MR) is 100 cm³/mol. The van der Waals surface area contributed by atoms with Gasteiger partial charge in [0.25, 0.3) is 11.8 Å². The first-order chi connectivity index (χ1) is 12.4. The topological polar surface area (TPSA) is 87.3 Å². The average molecular weight is 380 g/mol. The summed E-state index contributed by atoms with van der Waals surface area (Å²) in [4.78, 5) is 37.0. The molecule has 0 radical (unpaired) electrons. The smallest absolute Gasteiger partial charge is 0.269 e. The van der Waals surface area contributed by atoms with Gasteiger partial charge in [-0.15, -0.1) is 0 Å². The van der Waals surface area contributed by atoms with E-state index < -0.39 is 17.9 Å². The van der Waals surface area contributed by atoms with Crippen molar-refractivity contribution < 1.29 is 14.4 Å². The molecule has 1 unspecified atom stereocenters. The minimum absolute atomic E-state index is 0.0288. The molecular weight excluding hydrogens is 354 g/mol. The van der Waals surface area contributed by atoms with Crippen molar-refractivity contribution in [3.05, 3.63) is 34.9 Å². The van der Waals surface area contributed by atoms with E-state index in [1.807, 2.05) is 13.8 Å². The van der Waals surface area contributed by atoms with Gasteiger partial charge in [-0.3, -0.25) is 25.2 Å². The summed E-state index contributed by atoms with van der Waals surface area (Å²) < 4.78 is 0. The van der Waals surface area contributed by atoms with E-state index in [4.69, 9.17) is 11.6 Å². The molecule has 142 valence electrons. The van der Waals surface area contributed by atoms with Crippen LogP contribution in [0.2, 0.25) is 5.02 Å². The maximum atomic E-state index is 12.4. The van der Waals surface area contributed by atoms with Gasteiger partial charge in [0.15, 0.2) is 0 Å². The minimum Gasteiger partial charge on any atom is -0.344 e. The van der Waals surface area contributed by atoms with Crippen LogP contribution in [-0.2, 0) is 9.59 Å². The summed E-state index contributed by atoms with van der Waals surface area (Å²) in [6.07, 6.45) is 4.99. The second kappa shape index (κ2) is 9.57. The molecule has 0 saturated heterocycles. The van der Waals surface area contributed by atoms with Crippen LogP contribution in [0.15, 0.2) is 24.3 Å². The molecule has 0 aliphatic heterocycles. The lowest BCUT2D eigenvalue weighted by Gasteiger charge is -2.26. The summed E-state index contributed by atoms with van der Waals surface area (Å²) in [6.45, 7) is 3.70. The van der Waals surface area contributed by atoms with Gasteiger partial charge >= 0.3 is 0 Å². The molecule has 3 amide bonds. The third-order valence-electron chi connectivity index (χ3n) is 4.61. The van der Waals surface area contributed by atoms with Crippen molar-refractivity contribution in [2.45, 2.75) is 52.0 Å². The fourth-order valence-corrected chi connectivity index (χ4v) is 3.26. The molecular formula is C19H26ClN3O3. The van der Waals surface area contributed by atoms with E-state index in [0.29, 0.717) is 10.6 Å². The van der Waals surface area contributed by atoms with Crippen LogP contribution in [-0.4, -0.2) is 23.8 Å². The first kappa shape index (κ1) is 20.2. The van der Waals surface area contributed by atoms with Crippen molar-refractivity contribution in [3.63, 3.8) is 0 Å². The van der Waals surface area contributed by atoms with E-state index in [1.54, 1.807) is 18.2 Å². The van der Waals surface area contributed by atoms with Gasteiger partial charge in [0.05, 0.1) is 0 Å². The van der Waals surface area contributed by atoms with Gasteiger partial charge in [-0.25, -0.2) is 0 Å². The zero-order valence-electron chi connectivity index (χ0n) is 15.2. The van der Waals surface area contributed by atoms with Gasteiger partial charge in [0.2, 0.25) is 5.91 Å². The normalized spacial score (nSPS) is 16.0. The van der Waals surface area contributed by atoms with Crippen LogP contribution in [0, 0.1) is 11.8 Å². The highest BCUT2D eigenvalue weighted by molar-refractivity contribution is 6.30. The van der Waals surface area contributed by atoms with Crippen LogP contribution in [0.5, 0.6) is 0 Å². The maximum absolute atomic E-state index is 12.4. The van der Waals surface area contributed by atoms with Crippen LogP contribution in [0.1, 0.15) is 56.3 Å². The SMILES string of the molecule is CC(C)C(NC(=O)C1CCCCC1)C(=O)NNC(=O)c1cccc(Cl)c1. The second-order valence-corrected chi connectivity index (χ2v) is 7.46. The minimum atomic E-state index is -0.705. The maximum Gasteiger partial charge on any atom is 0.269 e. The van der Waals surface area contributed by atoms with Crippen molar-refractivity contribution in [2.75, 3.05) is 0 Å². The summed E-state index contributed by atoms with van der Waals surface area (Å²) in [5.74, 6) is -1.13. The number of rotatable bonds is 5. The highest BCUT2D eigenvalue weighted by atomic mass is 35.5. The lowest BCUT2D eigenvalue weighted by Crippen LogP contribution is -2.55. The molecule has 1 aromatic carbocycles. The van der Waals surface area contributed by atoms with Gasteiger partial charge in [0.1, 0.15) is 6.04 Å². The van der Waals surface area contributed by atoms with Crippen LogP contribution in [0.4, 0.5) is 0 Å². The van der Waals surface area contributed by atoms with Crippen molar-refractivity contribution in [1.29, 1.82) is 0 Å². The summed E-state index contributed by atoms with van der Waals surface area (Å²) in [5.41, 5.74) is 5.10. The van der Waals surface area contributed by atoms with Gasteiger partial charge in [0, 0.05) is 16.5 Å². The lowest BCUT2D eigenvalue weighted by molar-refractivity contribution is -0.133. The monoisotopic (exact) mass is 379 g/mol. The summed E-state index contributed by atoms with van der Waals surface area (Å²) in [6, 6.07) is 5.71. The Morgan fingerprint density at radius 1 is 1.08 bits per heavy atom. The quantitative estimate of drug-likeness (QED) is 0.687. The van der Waals surface area contributed by atoms with Gasteiger partial charge < -0.3 is 5.32 Å². The fourth-order valence-electron chi connectivity index (χ4n) is 3.07. The van der Waals surface area contributed by atoms with Gasteiger partial charge in [-0.05, 0) is 37.0 Å². The Labute approximate surface area is 159 Å². The van der Waals surface area contributed by atoms with Crippen LogP contribution < -0.4 is 16.2 Å². The molecule has 6 nitrogen and oxygen atoms in total. The van der Waals surface area contributed by atoms with E-state index in [-0.39, 0.29) is 17.7 Å². The Hall–Kier alpha value is -2.08. The number of benzene rings is 1.